The summed E-state index contributed by atoms with van der Waals surface area (Å²) >= 11 is 2.12. The van der Waals surface area contributed by atoms with Gasteiger partial charge >= 0.3 is 13.6 Å². The summed E-state index contributed by atoms with van der Waals surface area (Å²) in [5.74, 6) is -2.54. The number of thiophene rings is 1. The Morgan fingerprint density at radius 2 is 1.88 bits per heavy atom. The number of hydrogen-bond donors (Lipinski definition) is 1. The molecule has 6 nitrogen and oxygen atoms in total. The van der Waals surface area contributed by atoms with E-state index >= 15 is 4.39 Å². The summed E-state index contributed by atoms with van der Waals surface area (Å²) in [6.07, 6.45) is 0.410. The van der Waals surface area contributed by atoms with E-state index in [1.54, 1.807) is 36.4 Å². The Morgan fingerprint density at radius 1 is 1.15 bits per heavy atom. The normalized spacial score (nSPS) is 14.2. The van der Waals surface area contributed by atoms with Gasteiger partial charge in [-0.1, -0.05) is 49.9 Å². The van der Waals surface area contributed by atoms with Crippen LogP contribution >= 0.6 is 30.7 Å². The van der Waals surface area contributed by atoms with E-state index in [4.69, 9.17) is 9.05 Å². The number of para-hydroxylation sites is 1. The number of halogens is 1. The maximum absolute atomic E-state index is 15.6. The maximum Gasteiger partial charge on any atom is 0.417 e. The van der Waals surface area contributed by atoms with Crippen LogP contribution < -0.4 is 4.52 Å². The molecule has 0 saturated carbocycles. The molecule has 3 rings (SSSR count). The summed E-state index contributed by atoms with van der Waals surface area (Å²) in [6, 6.07) is 14.1. The van der Waals surface area contributed by atoms with Crippen LogP contribution in [0.5, 0.6) is 5.75 Å². The van der Waals surface area contributed by atoms with E-state index in [0.29, 0.717) is 16.5 Å². The molecule has 2 aromatic carbocycles. The number of fused-ring (bicyclic) bond motifs is 1. The molecular formula is C23H24FO6PS2. The molecule has 1 heterocycles. The lowest BCUT2D eigenvalue weighted by atomic mass is 10.2. The number of carboxylic acid groups (broad SMARTS) is 1. The Balaban J connectivity index is 1.80. The number of hydrogen-bond acceptors (Lipinski definition) is 7. The molecule has 2 atom stereocenters. The minimum absolute atomic E-state index is 0.0126. The van der Waals surface area contributed by atoms with Gasteiger partial charge in [0, 0.05) is 22.4 Å². The van der Waals surface area contributed by atoms with Gasteiger partial charge in [0.05, 0.1) is 6.61 Å². The van der Waals surface area contributed by atoms with Crippen molar-refractivity contribution in [1.29, 1.82) is 0 Å². The van der Waals surface area contributed by atoms with Crippen LogP contribution in [0.2, 0.25) is 0 Å². The summed E-state index contributed by atoms with van der Waals surface area (Å²) in [6.45, 7) is 3.74. The molecule has 0 radical (unpaired) electrons. The predicted molar refractivity (Wildman–Crippen MR) is 130 cm³/mol. The number of benzene rings is 2. The van der Waals surface area contributed by atoms with E-state index in [1.807, 2.05) is 13.8 Å². The van der Waals surface area contributed by atoms with Crippen molar-refractivity contribution in [3.05, 3.63) is 65.0 Å². The van der Waals surface area contributed by atoms with E-state index in [9.17, 15) is 19.3 Å². The number of alkyl halides is 1. The molecule has 2 unspecified atom stereocenters. The Labute approximate surface area is 199 Å². The van der Waals surface area contributed by atoms with Gasteiger partial charge in [-0.25, -0.2) is 13.8 Å². The molecule has 0 fully saturated rings. The molecule has 0 aliphatic heterocycles. The second-order valence-corrected chi connectivity index (χ2v) is 11.9. The highest BCUT2D eigenvalue weighted by Crippen LogP contribution is 2.61. The van der Waals surface area contributed by atoms with Gasteiger partial charge in [0.1, 0.15) is 10.6 Å². The van der Waals surface area contributed by atoms with E-state index < -0.39 is 19.5 Å². The summed E-state index contributed by atoms with van der Waals surface area (Å²) in [5.41, 5.74) is 0.0556. The second-order valence-electron chi connectivity index (χ2n) is 7.64. The van der Waals surface area contributed by atoms with Crippen LogP contribution in [0.4, 0.5) is 4.39 Å². The van der Waals surface area contributed by atoms with Crippen molar-refractivity contribution in [2.45, 2.75) is 26.2 Å². The minimum atomic E-state index is -4.34. The number of carbonyl (C=O) groups excluding carboxylic acids is 1. The molecule has 0 spiro atoms. The van der Waals surface area contributed by atoms with E-state index in [-0.39, 0.29) is 39.6 Å². The van der Waals surface area contributed by atoms with E-state index in [2.05, 4.69) is 0 Å². The molecule has 0 bridgehead atoms. The van der Waals surface area contributed by atoms with Crippen LogP contribution in [0, 0.1) is 5.92 Å². The van der Waals surface area contributed by atoms with Crippen LogP contribution in [0.3, 0.4) is 0 Å². The van der Waals surface area contributed by atoms with Gasteiger partial charge in [0.15, 0.2) is 5.12 Å². The SMILES string of the molecule is CC(C)CC(=O)SCCOP(=O)(Oc1ccccc1)C(F)c1ccc2sc(C(=O)O)cc2c1. The highest BCUT2D eigenvalue weighted by molar-refractivity contribution is 8.13. The molecular weight excluding hydrogens is 486 g/mol. The van der Waals surface area contributed by atoms with Crippen molar-refractivity contribution in [2.75, 3.05) is 12.4 Å². The standard InChI is InChI=1S/C23H24FO6PS2/c1-15(2)12-21(25)32-11-10-29-31(28,30-18-6-4-3-5-7-18)22(24)16-8-9-19-17(13-16)14-20(33-19)23(26)27/h3-9,13-15,22H,10-12H2,1-2H3,(H,26,27). The first-order valence-corrected chi connectivity index (χ1v) is 13.6. The molecule has 1 aromatic heterocycles. The number of thioether (sulfide) groups is 1. The second kappa shape index (κ2) is 11.3. The number of rotatable bonds is 11. The zero-order chi connectivity index (χ0) is 24.0. The smallest absolute Gasteiger partial charge is 0.417 e. The summed E-state index contributed by atoms with van der Waals surface area (Å²) in [5, 5.41) is 9.71. The topological polar surface area (TPSA) is 89.9 Å². The summed E-state index contributed by atoms with van der Waals surface area (Å²) < 4.78 is 40.8. The zero-order valence-electron chi connectivity index (χ0n) is 18.1. The molecule has 1 N–H and O–H groups in total. The molecule has 0 aliphatic carbocycles. The van der Waals surface area contributed by atoms with Gasteiger partial charge in [-0.3, -0.25) is 9.32 Å². The number of carboxylic acids is 1. The van der Waals surface area contributed by atoms with Crippen LogP contribution in [-0.4, -0.2) is 28.6 Å². The van der Waals surface area contributed by atoms with Gasteiger partial charge in [0.25, 0.3) is 0 Å². The lowest BCUT2D eigenvalue weighted by Crippen LogP contribution is -2.08. The number of aromatic carboxylic acids is 1. The van der Waals surface area contributed by atoms with Gasteiger partial charge in [-0.05, 0) is 41.6 Å². The highest BCUT2D eigenvalue weighted by atomic mass is 32.2. The third-order valence-corrected chi connectivity index (χ3v) is 8.30. The third-order valence-electron chi connectivity index (χ3n) is 4.47. The van der Waals surface area contributed by atoms with Crippen molar-refractivity contribution < 1.29 is 32.7 Å². The van der Waals surface area contributed by atoms with Crippen molar-refractivity contribution in [3.8, 4) is 5.75 Å². The monoisotopic (exact) mass is 510 g/mol. The summed E-state index contributed by atoms with van der Waals surface area (Å²) in [4.78, 5) is 23.2. The average Bonchev–Trinajstić information content (AvgIpc) is 3.20. The van der Waals surface area contributed by atoms with Crippen molar-refractivity contribution >= 4 is 51.9 Å². The van der Waals surface area contributed by atoms with Crippen molar-refractivity contribution in [1.82, 2.24) is 0 Å². The van der Waals surface area contributed by atoms with Crippen LogP contribution in [-0.2, 0) is 13.9 Å². The first-order valence-electron chi connectivity index (χ1n) is 10.2. The Kier molecular flexibility index (Phi) is 8.70. The van der Waals surface area contributed by atoms with E-state index in [0.717, 1.165) is 23.1 Å². The molecule has 33 heavy (non-hydrogen) atoms. The first kappa shape index (κ1) is 25.4. The third kappa shape index (κ3) is 6.90. The summed E-state index contributed by atoms with van der Waals surface area (Å²) in [7, 11) is -4.34. The molecule has 10 heteroatoms. The van der Waals surface area contributed by atoms with Crippen molar-refractivity contribution in [2.24, 2.45) is 5.92 Å². The molecule has 0 amide bonds. The van der Waals surface area contributed by atoms with Gasteiger partial charge in [-0.15, -0.1) is 11.3 Å². The molecule has 176 valence electrons. The maximum atomic E-state index is 15.6. The fourth-order valence-corrected chi connectivity index (χ4v) is 6.39. The molecule has 0 aliphatic rings. The Hall–Kier alpha value is -2.19. The fraction of sp³-hybridized carbons (Fsp3) is 0.304. The van der Waals surface area contributed by atoms with Crippen LogP contribution in [0.1, 0.15) is 41.4 Å². The lowest BCUT2D eigenvalue weighted by Gasteiger charge is -2.22. The zero-order valence-corrected chi connectivity index (χ0v) is 20.6. The van der Waals surface area contributed by atoms with E-state index in [1.165, 1.54) is 18.2 Å². The average molecular weight is 511 g/mol. The van der Waals surface area contributed by atoms with Crippen LogP contribution in [0.15, 0.2) is 54.6 Å². The van der Waals surface area contributed by atoms with Gasteiger partial charge in [0.2, 0.25) is 5.91 Å². The predicted octanol–water partition coefficient (Wildman–Crippen LogP) is 7.16. The minimum Gasteiger partial charge on any atom is -0.477 e. The highest BCUT2D eigenvalue weighted by Gasteiger charge is 2.39. The van der Waals surface area contributed by atoms with Gasteiger partial charge in [-0.2, -0.15) is 0 Å². The van der Waals surface area contributed by atoms with Crippen molar-refractivity contribution in [3.63, 3.8) is 0 Å². The number of carbonyl (C=O) groups is 2. The van der Waals surface area contributed by atoms with Crippen LogP contribution in [0.25, 0.3) is 10.1 Å². The fourth-order valence-electron chi connectivity index (χ4n) is 2.98. The van der Waals surface area contributed by atoms with Gasteiger partial charge < -0.3 is 9.63 Å². The Bertz CT molecular complexity index is 1160. The largest absolute Gasteiger partial charge is 0.477 e. The quantitative estimate of drug-likeness (QED) is 0.216. The Morgan fingerprint density at radius 3 is 2.55 bits per heavy atom. The molecule has 0 saturated heterocycles. The first-order chi connectivity index (χ1) is 15.7. The lowest BCUT2D eigenvalue weighted by molar-refractivity contribution is -0.111. The molecule has 3 aromatic rings.